The van der Waals surface area contributed by atoms with Gasteiger partial charge in [-0.1, -0.05) is 30.3 Å². The van der Waals surface area contributed by atoms with E-state index < -0.39 is 0 Å². The van der Waals surface area contributed by atoms with Crippen molar-refractivity contribution >= 4 is 17.7 Å². The lowest BCUT2D eigenvalue weighted by atomic mass is 10.1. The summed E-state index contributed by atoms with van der Waals surface area (Å²) in [5.74, 6) is 2.01. The summed E-state index contributed by atoms with van der Waals surface area (Å²) in [5, 5.41) is 3.34. The number of hydrogen-bond donors (Lipinski definition) is 1. The maximum Gasteiger partial charge on any atom is 0.308 e. The first-order valence-corrected chi connectivity index (χ1v) is 7.46. The third-order valence-corrected chi connectivity index (χ3v) is 4.12. The van der Waals surface area contributed by atoms with E-state index in [2.05, 4.69) is 5.32 Å². The maximum absolute atomic E-state index is 11.8. The lowest BCUT2D eigenvalue weighted by Crippen LogP contribution is -2.39. The van der Waals surface area contributed by atoms with Crippen LogP contribution in [0.25, 0.3) is 0 Å². The molecule has 18 heavy (non-hydrogen) atoms. The van der Waals surface area contributed by atoms with Crippen molar-refractivity contribution in [3.63, 3.8) is 0 Å². The first kappa shape index (κ1) is 13.4. The van der Waals surface area contributed by atoms with Gasteiger partial charge in [0.15, 0.2) is 0 Å². The van der Waals surface area contributed by atoms with E-state index in [4.69, 9.17) is 4.74 Å². The SMILES string of the molecule is CC(OC(=O)CC1CSCCN1)c1ccccc1. The number of thioether (sulfide) groups is 1. The fourth-order valence-electron chi connectivity index (χ4n) is 1.99. The zero-order valence-electron chi connectivity index (χ0n) is 10.6. The Hall–Kier alpha value is -1.00. The van der Waals surface area contributed by atoms with Crippen LogP contribution in [0.2, 0.25) is 0 Å². The molecular weight excluding hydrogens is 246 g/mol. The average molecular weight is 265 g/mol. The van der Waals surface area contributed by atoms with Crippen molar-refractivity contribution in [3.05, 3.63) is 35.9 Å². The lowest BCUT2D eigenvalue weighted by Gasteiger charge is -2.23. The molecule has 0 bridgehead atoms. The number of carbonyl (C=O) groups excluding carboxylic acids is 1. The minimum atomic E-state index is -0.171. The third kappa shape index (κ3) is 4.03. The normalized spacial score (nSPS) is 21.3. The zero-order valence-corrected chi connectivity index (χ0v) is 11.4. The number of carbonyl (C=O) groups is 1. The first-order chi connectivity index (χ1) is 8.75. The van der Waals surface area contributed by atoms with Gasteiger partial charge in [0, 0.05) is 24.1 Å². The van der Waals surface area contributed by atoms with Crippen molar-refractivity contribution in [2.24, 2.45) is 0 Å². The van der Waals surface area contributed by atoms with Crippen molar-refractivity contribution in [1.29, 1.82) is 0 Å². The molecule has 1 fully saturated rings. The van der Waals surface area contributed by atoms with Crippen LogP contribution in [0, 0.1) is 0 Å². The van der Waals surface area contributed by atoms with E-state index in [9.17, 15) is 4.79 Å². The summed E-state index contributed by atoms with van der Waals surface area (Å²) in [7, 11) is 0. The summed E-state index contributed by atoms with van der Waals surface area (Å²) in [6.45, 7) is 2.90. The van der Waals surface area contributed by atoms with Crippen molar-refractivity contribution < 1.29 is 9.53 Å². The van der Waals surface area contributed by atoms with Crippen molar-refractivity contribution in [2.45, 2.75) is 25.5 Å². The summed E-state index contributed by atoms with van der Waals surface area (Å²) in [6.07, 6.45) is 0.291. The van der Waals surface area contributed by atoms with Gasteiger partial charge in [-0.3, -0.25) is 4.79 Å². The molecule has 1 saturated heterocycles. The summed E-state index contributed by atoms with van der Waals surface area (Å²) in [5.41, 5.74) is 1.04. The van der Waals surface area contributed by atoms with Crippen molar-refractivity contribution in [1.82, 2.24) is 5.32 Å². The molecule has 1 aromatic rings. The molecule has 2 unspecified atom stereocenters. The average Bonchev–Trinajstić information content (AvgIpc) is 2.40. The Labute approximate surface area is 112 Å². The summed E-state index contributed by atoms with van der Waals surface area (Å²) >= 11 is 1.89. The second kappa shape index (κ2) is 6.81. The standard InChI is InChI=1S/C14H19NO2S/c1-11(12-5-3-2-4-6-12)17-14(16)9-13-10-18-8-7-15-13/h2-6,11,13,15H,7-10H2,1H3. The Kier molecular flexibility index (Phi) is 5.08. The highest BCUT2D eigenvalue weighted by atomic mass is 32.2. The van der Waals surface area contributed by atoms with E-state index in [0.29, 0.717) is 6.42 Å². The fourth-order valence-corrected chi connectivity index (χ4v) is 2.94. The molecule has 1 aliphatic rings. The van der Waals surface area contributed by atoms with Gasteiger partial charge in [-0.05, 0) is 12.5 Å². The van der Waals surface area contributed by atoms with Crippen LogP contribution < -0.4 is 5.32 Å². The first-order valence-electron chi connectivity index (χ1n) is 6.31. The van der Waals surface area contributed by atoms with Gasteiger partial charge in [0.25, 0.3) is 0 Å². The van der Waals surface area contributed by atoms with E-state index in [1.54, 1.807) is 0 Å². The lowest BCUT2D eigenvalue weighted by molar-refractivity contribution is -0.149. The van der Waals surface area contributed by atoms with Crippen LogP contribution in [-0.4, -0.2) is 30.1 Å². The molecular formula is C14H19NO2S. The van der Waals surface area contributed by atoms with Gasteiger partial charge in [0.1, 0.15) is 6.10 Å². The van der Waals surface area contributed by atoms with Crippen molar-refractivity contribution in [2.75, 3.05) is 18.1 Å². The number of benzene rings is 1. The predicted octanol–water partition coefficient (Wildman–Crippen LogP) is 2.39. The Morgan fingerprint density at radius 1 is 1.50 bits per heavy atom. The van der Waals surface area contributed by atoms with Gasteiger partial charge in [0.05, 0.1) is 6.42 Å². The molecule has 2 atom stereocenters. The van der Waals surface area contributed by atoms with Crippen LogP contribution in [0.4, 0.5) is 0 Å². The summed E-state index contributed by atoms with van der Waals surface area (Å²) in [6, 6.07) is 10.1. The smallest absolute Gasteiger partial charge is 0.308 e. The minimum absolute atomic E-state index is 0.119. The highest BCUT2D eigenvalue weighted by Crippen LogP contribution is 2.18. The highest BCUT2D eigenvalue weighted by Gasteiger charge is 2.19. The molecule has 0 amide bonds. The minimum Gasteiger partial charge on any atom is -0.458 e. The number of ether oxygens (including phenoxy) is 1. The molecule has 0 saturated carbocycles. The van der Waals surface area contributed by atoms with Crippen LogP contribution in [0.1, 0.15) is 25.0 Å². The van der Waals surface area contributed by atoms with Gasteiger partial charge in [-0.25, -0.2) is 0 Å². The molecule has 2 rings (SSSR count). The van der Waals surface area contributed by atoms with Gasteiger partial charge in [0.2, 0.25) is 0 Å². The topological polar surface area (TPSA) is 38.3 Å². The molecule has 1 heterocycles. The monoisotopic (exact) mass is 265 g/mol. The second-order valence-corrected chi connectivity index (χ2v) is 5.62. The van der Waals surface area contributed by atoms with Crippen LogP contribution in [0.5, 0.6) is 0 Å². The summed E-state index contributed by atoms with van der Waals surface area (Å²) in [4.78, 5) is 11.8. The molecule has 0 aromatic heterocycles. The fraction of sp³-hybridized carbons (Fsp3) is 0.500. The molecule has 0 spiro atoms. The second-order valence-electron chi connectivity index (χ2n) is 4.47. The Bertz CT molecular complexity index is 377. The molecule has 0 aliphatic carbocycles. The number of esters is 1. The molecule has 1 aliphatic heterocycles. The Morgan fingerprint density at radius 2 is 2.28 bits per heavy atom. The van der Waals surface area contributed by atoms with Crippen LogP contribution in [-0.2, 0) is 9.53 Å². The molecule has 3 nitrogen and oxygen atoms in total. The molecule has 1 N–H and O–H groups in total. The third-order valence-electron chi connectivity index (χ3n) is 2.99. The maximum atomic E-state index is 11.8. The quantitative estimate of drug-likeness (QED) is 0.848. The summed E-state index contributed by atoms with van der Waals surface area (Å²) < 4.78 is 5.45. The Morgan fingerprint density at radius 3 is 2.94 bits per heavy atom. The van der Waals surface area contributed by atoms with E-state index >= 15 is 0 Å². The predicted molar refractivity (Wildman–Crippen MR) is 74.7 cm³/mol. The van der Waals surface area contributed by atoms with Gasteiger partial charge < -0.3 is 10.1 Å². The molecule has 4 heteroatoms. The van der Waals surface area contributed by atoms with Crippen molar-refractivity contribution in [3.8, 4) is 0 Å². The largest absolute Gasteiger partial charge is 0.458 e. The van der Waals surface area contributed by atoms with E-state index in [1.165, 1.54) is 0 Å². The molecule has 0 radical (unpaired) electrons. The van der Waals surface area contributed by atoms with E-state index in [1.807, 2.05) is 49.0 Å². The van der Waals surface area contributed by atoms with Crippen LogP contribution in [0.15, 0.2) is 30.3 Å². The van der Waals surface area contributed by atoms with Gasteiger partial charge in [-0.2, -0.15) is 11.8 Å². The zero-order chi connectivity index (χ0) is 12.8. The van der Waals surface area contributed by atoms with Gasteiger partial charge in [-0.15, -0.1) is 0 Å². The van der Waals surface area contributed by atoms with E-state index in [0.717, 1.165) is 23.6 Å². The molecule has 1 aromatic carbocycles. The number of nitrogens with one attached hydrogen (secondary N) is 1. The Balaban J connectivity index is 1.80. The number of rotatable bonds is 4. The van der Waals surface area contributed by atoms with Crippen LogP contribution >= 0.6 is 11.8 Å². The number of hydrogen-bond acceptors (Lipinski definition) is 4. The molecule has 98 valence electrons. The van der Waals surface area contributed by atoms with Gasteiger partial charge >= 0.3 is 5.97 Å². The highest BCUT2D eigenvalue weighted by molar-refractivity contribution is 7.99. The van der Waals surface area contributed by atoms with E-state index in [-0.39, 0.29) is 18.1 Å². The van der Waals surface area contributed by atoms with Crippen LogP contribution in [0.3, 0.4) is 0 Å².